The van der Waals surface area contributed by atoms with Crippen LogP contribution in [0.1, 0.15) is 24.8 Å². The number of likely N-dealkylation sites (N-methyl/N-ethyl adjacent to an activating group) is 1. The number of carbonyl (C=O) groups excluding carboxylic acids is 1. The highest BCUT2D eigenvalue weighted by Crippen LogP contribution is 2.54. The summed E-state index contributed by atoms with van der Waals surface area (Å²) in [6, 6.07) is 6.01. The molecule has 2 fully saturated rings. The lowest BCUT2D eigenvalue weighted by Crippen LogP contribution is -2.50. The van der Waals surface area contributed by atoms with E-state index in [2.05, 4.69) is 35.5 Å². The van der Waals surface area contributed by atoms with Gasteiger partial charge in [0.25, 0.3) is 0 Å². The van der Waals surface area contributed by atoms with Crippen molar-refractivity contribution in [3.63, 3.8) is 0 Å². The van der Waals surface area contributed by atoms with Crippen molar-refractivity contribution < 1.29 is 14.3 Å². The Kier molecular flexibility index (Phi) is 4.55. The number of fused-ring (bicyclic) bond motifs is 1. The second-order valence-corrected chi connectivity index (χ2v) is 9.00. The number of likely N-dealkylation sites (tertiary alicyclic amines) is 1. The van der Waals surface area contributed by atoms with Crippen LogP contribution in [-0.2, 0) is 10.2 Å². The van der Waals surface area contributed by atoms with Crippen molar-refractivity contribution in [2.75, 3.05) is 33.6 Å². The Morgan fingerprint density at radius 2 is 2.04 bits per heavy atom. The molecule has 1 spiro atoms. The Bertz CT molecular complexity index is 799. The fraction of sp³-hybridized carbons (Fsp3) is 0.550. The minimum atomic E-state index is -0.269. The molecule has 4 rings (SSSR count). The molecule has 3 atom stereocenters. The monoisotopic (exact) mass is 389 g/mol. The molecule has 2 heterocycles. The number of benzene rings is 1. The number of hydrogen-bond acceptors (Lipinski definition) is 6. The first kappa shape index (κ1) is 18.5. The van der Waals surface area contributed by atoms with Crippen molar-refractivity contribution in [2.45, 2.75) is 35.6 Å². The smallest absolute Gasteiger partial charge is 0.235 e. The molecule has 0 saturated carbocycles. The molecule has 1 amide bonds. The molecule has 2 saturated heterocycles. The maximum absolute atomic E-state index is 11.6. The van der Waals surface area contributed by atoms with Crippen molar-refractivity contribution in [1.82, 2.24) is 10.2 Å². The third kappa shape index (κ3) is 2.88. The van der Waals surface area contributed by atoms with Crippen molar-refractivity contribution >= 4 is 17.7 Å². The molecule has 27 heavy (non-hydrogen) atoms. The Labute approximate surface area is 164 Å². The number of carbonyl (C=O) groups is 1. The van der Waals surface area contributed by atoms with E-state index in [1.54, 1.807) is 26.0 Å². The number of ether oxygens (including phenoxy) is 2. The van der Waals surface area contributed by atoms with Crippen LogP contribution in [-0.4, -0.2) is 55.3 Å². The van der Waals surface area contributed by atoms with E-state index < -0.39 is 0 Å². The van der Waals surface area contributed by atoms with Gasteiger partial charge in [-0.1, -0.05) is 6.07 Å². The van der Waals surface area contributed by atoms with Crippen LogP contribution in [0, 0.1) is 0 Å². The summed E-state index contributed by atoms with van der Waals surface area (Å²) < 4.78 is 11.0. The lowest BCUT2D eigenvalue weighted by atomic mass is 9.69. The average molecular weight is 390 g/mol. The molecule has 1 aromatic carbocycles. The first-order chi connectivity index (χ1) is 12.9. The van der Waals surface area contributed by atoms with E-state index in [-0.39, 0.29) is 22.2 Å². The van der Waals surface area contributed by atoms with Crippen LogP contribution in [0.3, 0.4) is 0 Å². The molecule has 2 unspecified atom stereocenters. The Morgan fingerprint density at radius 3 is 2.70 bits per heavy atom. The Hall–Kier alpha value is -1.86. The van der Waals surface area contributed by atoms with Crippen molar-refractivity contribution in [1.29, 1.82) is 0 Å². The number of methoxy groups -OCH3 is 2. The van der Waals surface area contributed by atoms with Gasteiger partial charge in [-0.3, -0.25) is 10.1 Å². The maximum atomic E-state index is 11.6. The molecule has 146 valence electrons. The third-order valence-electron chi connectivity index (χ3n) is 6.27. The fourth-order valence-corrected chi connectivity index (χ4v) is 6.11. The highest BCUT2D eigenvalue weighted by atomic mass is 32.2. The van der Waals surface area contributed by atoms with Gasteiger partial charge >= 0.3 is 0 Å². The highest BCUT2D eigenvalue weighted by Gasteiger charge is 2.52. The van der Waals surface area contributed by atoms with E-state index in [4.69, 9.17) is 15.2 Å². The van der Waals surface area contributed by atoms with Gasteiger partial charge in [0.15, 0.2) is 11.5 Å². The summed E-state index contributed by atoms with van der Waals surface area (Å²) in [5.74, 6) is 1.97. The largest absolute Gasteiger partial charge is 0.493 e. The number of hydrogen-bond donors (Lipinski definition) is 2. The summed E-state index contributed by atoms with van der Waals surface area (Å²) in [5.41, 5.74) is 8.09. The predicted octanol–water partition coefficient (Wildman–Crippen LogP) is 1.84. The third-order valence-corrected chi connectivity index (χ3v) is 7.73. The normalized spacial score (nSPS) is 32.3. The van der Waals surface area contributed by atoms with E-state index in [1.165, 1.54) is 11.3 Å². The number of amides is 1. The molecule has 0 bridgehead atoms. The van der Waals surface area contributed by atoms with Crippen molar-refractivity contribution in [3.8, 4) is 11.5 Å². The molecule has 3 N–H and O–H groups in total. The number of nitrogens with two attached hydrogens (primary N) is 1. The zero-order chi connectivity index (χ0) is 19.2. The number of allylic oxidation sites excluding steroid dienone is 1. The van der Waals surface area contributed by atoms with E-state index in [9.17, 15) is 4.79 Å². The van der Waals surface area contributed by atoms with Crippen LogP contribution in [0.15, 0.2) is 30.0 Å². The number of nitrogens with one attached hydrogen (secondary N) is 1. The van der Waals surface area contributed by atoms with Crippen LogP contribution >= 0.6 is 11.8 Å². The van der Waals surface area contributed by atoms with Gasteiger partial charge in [-0.2, -0.15) is 0 Å². The lowest BCUT2D eigenvalue weighted by Gasteiger charge is -2.42. The summed E-state index contributed by atoms with van der Waals surface area (Å²) in [5, 5.41) is 3.49. The van der Waals surface area contributed by atoms with Gasteiger partial charge in [0.05, 0.1) is 25.1 Å². The van der Waals surface area contributed by atoms with Gasteiger partial charge < -0.3 is 20.1 Å². The summed E-state index contributed by atoms with van der Waals surface area (Å²) in [6.45, 7) is 1.01. The maximum Gasteiger partial charge on any atom is 0.235 e. The van der Waals surface area contributed by atoms with Crippen LogP contribution < -0.4 is 20.5 Å². The molecule has 7 heteroatoms. The second-order valence-electron chi connectivity index (χ2n) is 7.65. The van der Waals surface area contributed by atoms with E-state index in [0.717, 1.165) is 43.1 Å². The van der Waals surface area contributed by atoms with Crippen LogP contribution in [0.4, 0.5) is 0 Å². The topological polar surface area (TPSA) is 76.8 Å². The van der Waals surface area contributed by atoms with Crippen LogP contribution in [0.25, 0.3) is 0 Å². The Balaban J connectivity index is 1.74. The molecule has 3 aliphatic rings. The van der Waals surface area contributed by atoms with Gasteiger partial charge in [-0.05, 0) is 43.0 Å². The zero-order valence-corrected chi connectivity index (χ0v) is 16.9. The van der Waals surface area contributed by atoms with Gasteiger partial charge in [0.1, 0.15) is 0 Å². The van der Waals surface area contributed by atoms with Crippen LogP contribution in [0.2, 0.25) is 0 Å². The summed E-state index contributed by atoms with van der Waals surface area (Å²) in [6.07, 6.45) is 5.40. The lowest BCUT2D eigenvalue weighted by molar-refractivity contribution is -0.119. The molecule has 1 aromatic rings. The first-order valence-corrected chi connectivity index (χ1v) is 10.3. The average Bonchev–Trinajstić information content (AvgIpc) is 3.24. The molecule has 0 radical (unpaired) electrons. The van der Waals surface area contributed by atoms with E-state index >= 15 is 0 Å². The number of rotatable bonds is 4. The number of nitrogens with zero attached hydrogens (tertiary/aromatic N) is 1. The SMILES string of the molecule is COc1ccc([C@]23CCN(C)C2=CC2(CC3)NC(C(N)=O)CS2)cc1OC. The summed E-state index contributed by atoms with van der Waals surface area (Å²) >= 11 is 1.80. The minimum absolute atomic E-state index is 0.0212. The van der Waals surface area contributed by atoms with Gasteiger partial charge in [0, 0.05) is 30.5 Å². The quantitative estimate of drug-likeness (QED) is 0.818. The standard InChI is InChI=1S/C20H27N3O3S/c1-23-9-8-19(13-4-5-15(25-2)16(10-13)26-3)6-7-20(11-17(19)23)22-14(12-27-20)18(21)24/h4-5,10-11,14,22H,6-9,12H2,1-3H3,(H2,21,24)/t14?,19-,20?/m0/s1. The second kappa shape index (κ2) is 6.63. The molecule has 2 aliphatic heterocycles. The number of primary amides is 1. The van der Waals surface area contributed by atoms with Crippen LogP contribution in [0.5, 0.6) is 11.5 Å². The fourth-order valence-electron chi connectivity index (χ4n) is 4.73. The Morgan fingerprint density at radius 1 is 1.26 bits per heavy atom. The zero-order valence-electron chi connectivity index (χ0n) is 16.1. The molecular formula is C20H27N3O3S. The van der Waals surface area contributed by atoms with E-state index in [1.807, 2.05) is 6.07 Å². The number of thioether (sulfide) groups is 1. The van der Waals surface area contributed by atoms with Crippen molar-refractivity contribution in [3.05, 3.63) is 35.5 Å². The summed E-state index contributed by atoms with van der Waals surface area (Å²) in [7, 11) is 5.49. The van der Waals surface area contributed by atoms with E-state index in [0.29, 0.717) is 0 Å². The van der Waals surface area contributed by atoms with Gasteiger partial charge in [-0.25, -0.2) is 0 Å². The molecular weight excluding hydrogens is 362 g/mol. The minimum Gasteiger partial charge on any atom is -0.493 e. The van der Waals surface area contributed by atoms with Gasteiger partial charge in [-0.15, -0.1) is 11.8 Å². The van der Waals surface area contributed by atoms with Gasteiger partial charge in [0.2, 0.25) is 5.91 Å². The molecule has 0 aromatic heterocycles. The molecule has 1 aliphatic carbocycles. The predicted molar refractivity (Wildman–Crippen MR) is 107 cm³/mol. The molecule has 6 nitrogen and oxygen atoms in total. The highest BCUT2D eigenvalue weighted by molar-refractivity contribution is 8.01. The first-order valence-electron chi connectivity index (χ1n) is 9.31. The van der Waals surface area contributed by atoms with Crippen molar-refractivity contribution in [2.24, 2.45) is 5.73 Å². The summed E-state index contributed by atoms with van der Waals surface area (Å²) in [4.78, 5) is 13.8.